The molecule has 0 atom stereocenters. The van der Waals surface area contributed by atoms with Gasteiger partial charge in [0.1, 0.15) is 10.0 Å². The number of nitrogens with two attached hydrogens (primary N) is 1. The lowest BCUT2D eigenvalue weighted by Gasteiger charge is -2.06. The zero-order valence-corrected chi connectivity index (χ0v) is 12.0. The minimum atomic E-state index is 0.669. The molecule has 0 fully saturated rings. The van der Waals surface area contributed by atoms with E-state index in [4.69, 9.17) is 10.8 Å². The van der Waals surface area contributed by atoms with Crippen molar-refractivity contribution >= 4 is 22.2 Å². The minimum Gasteiger partial charge on any atom is -0.339 e. The highest BCUT2D eigenvalue weighted by Gasteiger charge is 2.19. The van der Waals surface area contributed by atoms with Crippen molar-refractivity contribution in [3.8, 4) is 10.6 Å². The number of rotatable bonds is 1. The zero-order chi connectivity index (χ0) is 14.2. The van der Waals surface area contributed by atoms with Gasteiger partial charge in [-0.1, -0.05) is 41.7 Å². The molecule has 21 heavy (non-hydrogen) atoms. The average Bonchev–Trinajstić information content (AvgIpc) is 3.11. The van der Waals surface area contributed by atoms with E-state index in [2.05, 4.69) is 27.1 Å². The summed E-state index contributed by atoms with van der Waals surface area (Å²) < 4.78 is 2.10. The highest BCUT2D eigenvalue weighted by Crippen LogP contribution is 2.36. The summed E-state index contributed by atoms with van der Waals surface area (Å²) in [5.41, 5.74) is 5.75. The van der Waals surface area contributed by atoms with Crippen molar-refractivity contribution in [2.45, 2.75) is 6.54 Å². The second kappa shape index (κ2) is 4.83. The van der Waals surface area contributed by atoms with Crippen LogP contribution in [0.5, 0.6) is 0 Å². The molecule has 3 aromatic rings. The van der Waals surface area contributed by atoms with Gasteiger partial charge in [0.05, 0.1) is 17.9 Å². The number of hydrazine groups is 1. The fourth-order valence-electron chi connectivity index (χ4n) is 2.43. The summed E-state index contributed by atoms with van der Waals surface area (Å²) in [6.45, 7) is 0.704. The SMILES string of the molecule is NNC1=Nc2sc(-c3ccccc3)nc2Cn2cccc21. The molecule has 5 nitrogen and oxygen atoms in total. The summed E-state index contributed by atoms with van der Waals surface area (Å²) >= 11 is 1.59. The number of hydrogen-bond acceptors (Lipinski definition) is 5. The zero-order valence-electron chi connectivity index (χ0n) is 11.2. The lowest BCUT2D eigenvalue weighted by Crippen LogP contribution is -2.32. The summed E-state index contributed by atoms with van der Waals surface area (Å²) in [6.07, 6.45) is 2.01. The van der Waals surface area contributed by atoms with E-state index in [0.717, 1.165) is 27.0 Å². The standard InChI is InChI=1S/C15H13N5S/c16-19-13-12-7-4-8-20(12)9-11-15(18-13)21-14(17-11)10-5-2-1-3-6-10/h1-8H,9,16H2,(H,18,19). The van der Waals surface area contributed by atoms with Crippen LogP contribution in [0.1, 0.15) is 11.4 Å². The Balaban J connectivity index is 1.84. The Hall–Kier alpha value is -2.44. The maximum Gasteiger partial charge on any atom is 0.165 e. The van der Waals surface area contributed by atoms with Crippen LogP contribution in [0.15, 0.2) is 53.7 Å². The molecule has 1 aromatic carbocycles. The maximum absolute atomic E-state index is 5.61. The molecular weight excluding hydrogens is 282 g/mol. The van der Waals surface area contributed by atoms with Gasteiger partial charge in [-0.05, 0) is 12.1 Å². The van der Waals surface area contributed by atoms with Crippen LogP contribution in [0, 0.1) is 0 Å². The number of fused-ring (bicyclic) bond motifs is 2. The number of hydrogen-bond donors (Lipinski definition) is 2. The number of thiazole rings is 1. The van der Waals surface area contributed by atoms with Crippen LogP contribution in [0.2, 0.25) is 0 Å². The van der Waals surface area contributed by atoms with E-state index in [9.17, 15) is 0 Å². The molecule has 0 radical (unpaired) electrons. The molecular formula is C15H13N5S. The first-order valence-electron chi connectivity index (χ1n) is 6.61. The van der Waals surface area contributed by atoms with Crippen LogP contribution in [0.4, 0.5) is 5.00 Å². The van der Waals surface area contributed by atoms with Gasteiger partial charge in [-0.15, -0.1) is 0 Å². The summed E-state index contributed by atoms with van der Waals surface area (Å²) in [4.78, 5) is 9.38. The normalized spacial score (nSPS) is 13.1. The van der Waals surface area contributed by atoms with Gasteiger partial charge in [-0.25, -0.2) is 15.8 Å². The van der Waals surface area contributed by atoms with Crippen molar-refractivity contribution in [1.29, 1.82) is 0 Å². The van der Waals surface area contributed by atoms with Crippen molar-refractivity contribution in [2.24, 2.45) is 10.8 Å². The predicted octanol–water partition coefficient (Wildman–Crippen LogP) is 2.51. The lowest BCUT2D eigenvalue weighted by molar-refractivity contribution is 0.781. The Bertz CT molecular complexity index is 816. The first-order chi connectivity index (χ1) is 10.3. The summed E-state index contributed by atoms with van der Waals surface area (Å²) in [5, 5.41) is 1.89. The summed E-state index contributed by atoms with van der Waals surface area (Å²) in [5.74, 6) is 6.28. The van der Waals surface area contributed by atoms with Crippen LogP contribution in [0.3, 0.4) is 0 Å². The topological polar surface area (TPSA) is 68.2 Å². The van der Waals surface area contributed by atoms with E-state index < -0.39 is 0 Å². The van der Waals surface area contributed by atoms with Gasteiger partial charge >= 0.3 is 0 Å². The molecule has 0 amide bonds. The molecule has 0 spiro atoms. The molecule has 3 N–H and O–H groups in total. The molecule has 2 aromatic heterocycles. The fraction of sp³-hybridized carbons (Fsp3) is 0.0667. The monoisotopic (exact) mass is 295 g/mol. The molecule has 0 bridgehead atoms. The number of nitrogens with zero attached hydrogens (tertiary/aromatic N) is 3. The molecule has 1 aliphatic rings. The quantitative estimate of drug-likeness (QED) is 0.535. The van der Waals surface area contributed by atoms with Crippen molar-refractivity contribution in [1.82, 2.24) is 15.0 Å². The molecule has 3 heterocycles. The molecule has 4 rings (SSSR count). The summed E-state index contributed by atoms with van der Waals surface area (Å²) in [7, 11) is 0. The van der Waals surface area contributed by atoms with E-state index >= 15 is 0 Å². The second-order valence-corrected chi connectivity index (χ2v) is 5.74. The molecule has 6 heteroatoms. The predicted molar refractivity (Wildman–Crippen MR) is 84.6 cm³/mol. The Labute approximate surface area is 125 Å². The Kier molecular flexibility index (Phi) is 2.83. The number of benzene rings is 1. The van der Waals surface area contributed by atoms with E-state index in [0.29, 0.717) is 12.4 Å². The van der Waals surface area contributed by atoms with E-state index in [1.165, 1.54) is 0 Å². The number of aliphatic imine (C=N–C) groups is 1. The number of nitrogens with one attached hydrogen (secondary N) is 1. The molecule has 0 saturated heterocycles. The Morgan fingerprint density at radius 3 is 2.81 bits per heavy atom. The highest BCUT2D eigenvalue weighted by molar-refractivity contribution is 7.18. The lowest BCUT2D eigenvalue weighted by atomic mass is 10.2. The van der Waals surface area contributed by atoms with E-state index in [1.807, 2.05) is 36.5 Å². The van der Waals surface area contributed by atoms with E-state index in [-0.39, 0.29) is 0 Å². The largest absolute Gasteiger partial charge is 0.339 e. The number of amidine groups is 1. The average molecular weight is 295 g/mol. The minimum absolute atomic E-state index is 0.669. The molecule has 1 aliphatic heterocycles. The second-order valence-electron chi connectivity index (χ2n) is 4.76. The highest BCUT2D eigenvalue weighted by atomic mass is 32.1. The van der Waals surface area contributed by atoms with Crippen molar-refractivity contribution in [3.05, 3.63) is 60.0 Å². The first kappa shape index (κ1) is 12.3. The Morgan fingerprint density at radius 2 is 2.00 bits per heavy atom. The van der Waals surface area contributed by atoms with Gasteiger partial charge in [-0.2, -0.15) is 0 Å². The van der Waals surface area contributed by atoms with Crippen molar-refractivity contribution in [3.63, 3.8) is 0 Å². The Morgan fingerprint density at radius 1 is 1.14 bits per heavy atom. The van der Waals surface area contributed by atoms with Gasteiger partial charge in [0, 0.05) is 11.8 Å². The van der Waals surface area contributed by atoms with Gasteiger partial charge < -0.3 is 9.99 Å². The molecule has 0 saturated carbocycles. The van der Waals surface area contributed by atoms with Gasteiger partial charge in [-0.3, -0.25) is 0 Å². The van der Waals surface area contributed by atoms with Crippen molar-refractivity contribution < 1.29 is 0 Å². The third-order valence-corrected chi connectivity index (χ3v) is 4.48. The van der Waals surface area contributed by atoms with Gasteiger partial charge in [0.2, 0.25) is 0 Å². The molecule has 0 unspecified atom stereocenters. The smallest absolute Gasteiger partial charge is 0.165 e. The van der Waals surface area contributed by atoms with Crippen LogP contribution in [0.25, 0.3) is 10.6 Å². The molecule has 0 aliphatic carbocycles. The first-order valence-corrected chi connectivity index (χ1v) is 7.43. The maximum atomic E-state index is 5.61. The number of aromatic nitrogens is 2. The summed E-state index contributed by atoms with van der Waals surface area (Å²) in [6, 6.07) is 14.1. The third-order valence-electron chi connectivity index (χ3n) is 3.44. The van der Waals surface area contributed by atoms with Crippen LogP contribution in [-0.4, -0.2) is 15.4 Å². The van der Waals surface area contributed by atoms with Crippen molar-refractivity contribution in [2.75, 3.05) is 0 Å². The molecule has 104 valence electrons. The van der Waals surface area contributed by atoms with Gasteiger partial charge in [0.15, 0.2) is 5.84 Å². The van der Waals surface area contributed by atoms with Crippen LogP contribution < -0.4 is 11.3 Å². The van der Waals surface area contributed by atoms with Gasteiger partial charge in [0.25, 0.3) is 0 Å². The van der Waals surface area contributed by atoms with Crippen LogP contribution in [-0.2, 0) is 6.54 Å². The van der Waals surface area contributed by atoms with Crippen LogP contribution >= 0.6 is 11.3 Å². The van der Waals surface area contributed by atoms with E-state index in [1.54, 1.807) is 11.3 Å². The third kappa shape index (κ3) is 2.05. The fourth-order valence-corrected chi connectivity index (χ4v) is 3.39.